The van der Waals surface area contributed by atoms with E-state index >= 15 is 0 Å². The molecule has 0 spiro atoms. The number of amides is 2. The van der Waals surface area contributed by atoms with Crippen LogP contribution in [0.25, 0.3) is 0 Å². The van der Waals surface area contributed by atoms with Gasteiger partial charge in [-0.05, 0) is 18.1 Å². The number of hydrogen-bond donors (Lipinski definition) is 3. The predicted molar refractivity (Wildman–Crippen MR) is 75.5 cm³/mol. The molecular weight excluding hydrogens is 256 g/mol. The fraction of sp³-hybridized carbons (Fsp3) is 0.429. The number of hydrogen-bond acceptors (Lipinski definition) is 4. The largest absolute Gasteiger partial charge is 0.354 e. The van der Waals surface area contributed by atoms with Gasteiger partial charge < -0.3 is 5.32 Å². The van der Waals surface area contributed by atoms with Crippen molar-refractivity contribution in [3.8, 4) is 0 Å². The Hall–Kier alpha value is -1.92. The van der Waals surface area contributed by atoms with Gasteiger partial charge in [0.1, 0.15) is 0 Å². The zero-order chi connectivity index (χ0) is 14.5. The Morgan fingerprint density at radius 1 is 1.45 bits per heavy atom. The van der Waals surface area contributed by atoms with Crippen molar-refractivity contribution in [3.05, 3.63) is 35.4 Å². The Balaban J connectivity index is 1.97. The first kappa shape index (κ1) is 14.5. The molecule has 0 aromatic heterocycles. The number of benzene rings is 1. The van der Waals surface area contributed by atoms with Crippen LogP contribution in [0.2, 0.25) is 0 Å². The summed E-state index contributed by atoms with van der Waals surface area (Å²) < 4.78 is 0. The molecule has 0 aliphatic carbocycles. The normalized spacial score (nSPS) is 17.4. The molecule has 2 rings (SSSR count). The molecule has 1 aliphatic rings. The summed E-state index contributed by atoms with van der Waals surface area (Å²) >= 11 is 0. The fourth-order valence-corrected chi connectivity index (χ4v) is 2.27. The summed E-state index contributed by atoms with van der Waals surface area (Å²) in [6.07, 6.45) is 0. The van der Waals surface area contributed by atoms with E-state index in [1.807, 2.05) is 31.2 Å². The molecule has 1 aromatic carbocycles. The molecule has 1 saturated heterocycles. The highest BCUT2D eigenvalue weighted by atomic mass is 16.2. The first-order valence-corrected chi connectivity index (χ1v) is 6.68. The van der Waals surface area contributed by atoms with Crippen LogP contribution in [0.15, 0.2) is 24.3 Å². The average molecular weight is 276 g/mol. The van der Waals surface area contributed by atoms with Gasteiger partial charge in [-0.25, -0.2) is 5.84 Å². The number of carbonyl (C=O) groups excluding carboxylic acids is 2. The van der Waals surface area contributed by atoms with Gasteiger partial charge in [-0.2, -0.15) is 0 Å². The second-order valence-corrected chi connectivity index (χ2v) is 5.03. The van der Waals surface area contributed by atoms with Crippen molar-refractivity contribution in [2.75, 3.05) is 19.6 Å². The fourth-order valence-electron chi connectivity index (χ4n) is 2.27. The number of piperazine rings is 1. The molecule has 6 nitrogen and oxygen atoms in total. The summed E-state index contributed by atoms with van der Waals surface area (Å²) in [6.45, 7) is 4.55. The zero-order valence-electron chi connectivity index (χ0n) is 11.6. The van der Waals surface area contributed by atoms with Crippen molar-refractivity contribution in [2.24, 2.45) is 5.84 Å². The molecule has 1 unspecified atom stereocenters. The topological polar surface area (TPSA) is 87.5 Å². The molecule has 0 saturated carbocycles. The quantitative estimate of drug-likeness (QED) is 0.401. The lowest BCUT2D eigenvalue weighted by molar-refractivity contribution is -0.124. The lowest BCUT2D eigenvalue weighted by Gasteiger charge is -2.26. The van der Waals surface area contributed by atoms with Gasteiger partial charge in [0.15, 0.2) is 0 Å². The molecule has 1 fully saturated rings. The second kappa shape index (κ2) is 6.49. The van der Waals surface area contributed by atoms with Crippen LogP contribution >= 0.6 is 0 Å². The maximum atomic E-state index is 11.5. The third kappa shape index (κ3) is 3.55. The summed E-state index contributed by atoms with van der Waals surface area (Å²) in [4.78, 5) is 24.9. The molecule has 2 amide bonds. The minimum Gasteiger partial charge on any atom is -0.354 e. The van der Waals surface area contributed by atoms with E-state index in [1.165, 1.54) is 0 Å². The molecule has 0 bridgehead atoms. The standard InChI is InChI=1S/C14H20N4O2/c1-10(14(20)17-15)12-4-2-11(3-5-12)8-18-7-6-16-13(19)9-18/h2-5,10H,6-9,15H2,1H3,(H,16,19)(H,17,20). The van der Waals surface area contributed by atoms with Crippen LogP contribution in [0, 0.1) is 0 Å². The molecule has 20 heavy (non-hydrogen) atoms. The second-order valence-electron chi connectivity index (χ2n) is 5.03. The molecular formula is C14H20N4O2. The molecule has 0 radical (unpaired) electrons. The lowest BCUT2D eigenvalue weighted by Crippen LogP contribution is -2.47. The van der Waals surface area contributed by atoms with Gasteiger partial charge in [-0.1, -0.05) is 24.3 Å². The van der Waals surface area contributed by atoms with E-state index < -0.39 is 0 Å². The molecule has 1 aromatic rings. The van der Waals surface area contributed by atoms with Crippen molar-refractivity contribution in [3.63, 3.8) is 0 Å². The van der Waals surface area contributed by atoms with E-state index in [0.29, 0.717) is 13.1 Å². The van der Waals surface area contributed by atoms with Gasteiger partial charge >= 0.3 is 0 Å². The first-order chi connectivity index (χ1) is 9.60. The van der Waals surface area contributed by atoms with Crippen LogP contribution in [0.3, 0.4) is 0 Å². The van der Waals surface area contributed by atoms with Gasteiger partial charge in [0.25, 0.3) is 0 Å². The van der Waals surface area contributed by atoms with Gasteiger partial charge in [0, 0.05) is 19.6 Å². The van der Waals surface area contributed by atoms with Crippen LogP contribution < -0.4 is 16.6 Å². The third-order valence-corrected chi connectivity index (χ3v) is 3.54. The Kier molecular flexibility index (Phi) is 4.70. The minimum atomic E-state index is -0.269. The van der Waals surface area contributed by atoms with Crippen LogP contribution in [0.1, 0.15) is 24.0 Å². The third-order valence-electron chi connectivity index (χ3n) is 3.54. The molecule has 4 N–H and O–H groups in total. The predicted octanol–water partition coefficient (Wildman–Crippen LogP) is -0.288. The van der Waals surface area contributed by atoms with Crippen molar-refractivity contribution in [2.45, 2.75) is 19.4 Å². The summed E-state index contributed by atoms with van der Waals surface area (Å²) in [5, 5.41) is 2.80. The molecule has 1 heterocycles. The highest BCUT2D eigenvalue weighted by molar-refractivity contribution is 5.82. The van der Waals surface area contributed by atoms with Crippen LogP contribution in [-0.2, 0) is 16.1 Å². The van der Waals surface area contributed by atoms with Crippen LogP contribution in [0.4, 0.5) is 0 Å². The van der Waals surface area contributed by atoms with Gasteiger partial charge in [-0.3, -0.25) is 19.9 Å². The Morgan fingerprint density at radius 2 is 2.15 bits per heavy atom. The minimum absolute atomic E-state index is 0.0705. The van der Waals surface area contributed by atoms with Crippen molar-refractivity contribution < 1.29 is 9.59 Å². The van der Waals surface area contributed by atoms with E-state index in [-0.39, 0.29) is 17.7 Å². The van der Waals surface area contributed by atoms with Crippen molar-refractivity contribution >= 4 is 11.8 Å². The van der Waals surface area contributed by atoms with E-state index in [1.54, 1.807) is 0 Å². The monoisotopic (exact) mass is 276 g/mol. The Bertz CT molecular complexity index is 486. The Labute approximate surface area is 118 Å². The highest BCUT2D eigenvalue weighted by Gasteiger charge is 2.17. The number of rotatable bonds is 4. The van der Waals surface area contributed by atoms with E-state index in [4.69, 9.17) is 5.84 Å². The number of nitrogens with zero attached hydrogens (tertiary/aromatic N) is 1. The van der Waals surface area contributed by atoms with E-state index in [2.05, 4.69) is 15.6 Å². The SMILES string of the molecule is CC(C(=O)NN)c1ccc(CN2CCNC(=O)C2)cc1. The summed E-state index contributed by atoms with van der Waals surface area (Å²) in [5.74, 6) is 4.73. The van der Waals surface area contributed by atoms with Crippen molar-refractivity contribution in [1.82, 2.24) is 15.6 Å². The number of nitrogens with one attached hydrogen (secondary N) is 2. The average Bonchev–Trinajstić information content (AvgIpc) is 2.46. The van der Waals surface area contributed by atoms with Gasteiger partial charge in [0.05, 0.1) is 12.5 Å². The molecule has 1 aliphatic heterocycles. The first-order valence-electron chi connectivity index (χ1n) is 6.68. The van der Waals surface area contributed by atoms with Crippen LogP contribution in [0.5, 0.6) is 0 Å². The van der Waals surface area contributed by atoms with Gasteiger partial charge in [-0.15, -0.1) is 0 Å². The molecule has 1 atom stereocenters. The smallest absolute Gasteiger partial charge is 0.241 e. The summed E-state index contributed by atoms with van der Waals surface area (Å²) in [6, 6.07) is 7.84. The van der Waals surface area contributed by atoms with E-state index in [0.717, 1.165) is 24.2 Å². The zero-order valence-corrected chi connectivity index (χ0v) is 11.6. The summed E-state index contributed by atoms with van der Waals surface area (Å²) in [5.41, 5.74) is 4.21. The Morgan fingerprint density at radius 3 is 2.75 bits per heavy atom. The van der Waals surface area contributed by atoms with Gasteiger partial charge in [0.2, 0.25) is 11.8 Å². The lowest BCUT2D eigenvalue weighted by atomic mass is 9.99. The maximum absolute atomic E-state index is 11.5. The van der Waals surface area contributed by atoms with Crippen LogP contribution in [-0.4, -0.2) is 36.3 Å². The van der Waals surface area contributed by atoms with E-state index in [9.17, 15) is 9.59 Å². The van der Waals surface area contributed by atoms with Crippen molar-refractivity contribution in [1.29, 1.82) is 0 Å². The number of nitrogens with two attached hydrogens (primary N) is 1. The summed E-state index contributed by atoms with van der Waals surface area (Å²) in [7, 11) is 0. The molecule has 6 heteroatoms. The highest BCUT2D eigenvalue weighted by Crippen LogP contribution is 2.16. The maximum Gasteiger partial charge on any atom is 0.241 e. The number of carbonyl (C=O) groups is 2. The molecule has 108 valence electrons. The number of hydrazine groups is 1.